The Bertz CT molecular complexity index is 927. The summed E-state index contributed by atoms with van der Waals surface area (Å²) in [6.07, 6.45) is 0.678. The van der Waals surface area contributed by atoms with E-state index in [0.717, 1.165) is 16.9 Å². The molecule has 3 heteroatoms. The van der Waals surface area contributed by atoms with Gasteiger partial charge < -0.3 is 9.84 Å². The molecule has 3 rings (SSSR count). The first kappa shape index (κ1) is 19.7. The Labute approximate surface area is 166 Å². The predicted octanol–water partition coefficient (Wildman–Crippen LogP) is 6.07. The van der Waals surface area contributed by atoms with Crippen LogP contribution in [0, 0.1) is 0 Å². The summed E-state index contributed by atoms with van der Waals surface area (Å²) in [5, 5.41) is 8.77. The van der Waals surface area contributed by atoms with Gasteiger partial charge in [-0.1, -0.05) is 68.4 Å². The fourth-order valence-corrected chi connectivity index (χ4v) is 3.26. The Balaban J connectivity index is 1.68. The molecular weight excluding hydrogens is 348 g/mol. The van der Waals surface area contributed by atoms with Crippen LogP contribution in [-0.2, 0) is 17.8 Å². The number of carbonyl (C=O) groups is 1. The molecular formula is C25H26O3. The second-order valence-corrected chi connectivity index (χ2v) is 7.27. The first-order valence-corrected chi connectivity index (χ1v) is 9.64. The monoisotopic (exact) mass is 374 g/mol. The van der Waals surface area contributed by atoms with Gasteiger partial charge in [-0.15, -0.1) is 0 Å². The van der Waals surface area contributed by atoms with E-state index in [1.54, 1.807) is 0 Å². The zero-order valence-electron chi connectivity index (χ0n) is 16.4. The van der Waals surface area contributed by atoms with Gasteiger partial charge in [0.25, 0.3) is 0 Å². The normalized spacial score (nSPS) is 10.8. The molecule has 0 spiro atoms. The van der Waals surface area contributed by atoms with Crippen molar-refractivity contribution in [2.45, 2.75) is 39.2 Å². The van der Waals surface area contributed by atoms with E-state index in [-0.39, 0.29) is 6.42 Å². The molecule has 0 aliphatic heterocycles. The van der Waals surface area contributed by atoms with E-state index >= 15 is 0 Å². The number of rotatable bonds is 8. The highest BCUT2D eigenvalue weighted by Crippen LogP contribution is 2.29. The average Bonchev–Trinajstić information content (AvgIpc) is 2.71. The van der Waals surface area contributed by atoms with Gasteiger partial charge in [-0.05, 0) is 58.4 Å². The van der Waals surface area contributed by atoms with Crippen molar-refractivity contribution in [3.8, 4) is 16.9 Å². The highest BCUT2D eigenvalue weighted by atomic mass is 16.5. The van der Waals surface area contributed by atoms with Gasteiger partial charge in [-0.3, -0.25) is 4.79 Å². The summed E-state index contributed by atoms with van der Waals surface area (Å²) in [5.41, 5.74) is 5.93. The van der Waals surface area contributed by atoms with Crippen LogP contribution in [0.2, 0.25) is 0 Å². The number of carboxylic acids is 1. The SMILES string of the molecule is CC(C)c1ccccc1-c1cccc(COc2ccc(CCC(=O)O)cc2)c1. The minimum Gasteiger partial charge on any atom is -0.489 e. The van der Waals surface area contributed by atoms with E-state index in [1.807, 2.05) is 24.3 Å². The molecule has 0 radical (unpaired) electrons. The molecule has 0 bridgehead atoms. The van der Waals surface area contributed by atoms with Crippen LogP contribution < -0.4 is 4.74 Å². The maximum atomic E-state index is 10.7. The molecule has 0 saturated heterocycles. The van der Waals surface area contributed by atoms with Crippen LogP contribution in [0.15, 0.2) is 72.8 Å². The van der Waals surface area contributed by atoms with Crippen molar-refractivity contribution in [1.29, 1.82) is 0 Å². The van der Waals surface area contributed by atoms with Crippen LogP contribution >= 0.6 is 0 Å². The zero-order valence-corrected chi connectivity index (χ0v) is 16.4. The van der Waals surface area contributed by atoms with E-state index in [0.29, 0.717) is 18.9 Å². The minimum absolute atomic E-state index is 0.144. The number of hydrogen-bond donors (Lipinski definition) is 1. The molecule has 28 heavy (non-hydrogen) atoms. The summed E-state index contributed by atoms with van der Waals surface area (Å²) in [5.74, 6) is 0.474. The van der Waals surface area contributed by atoms with Crippen molar-refractivity contribution in [2.24, 2.45) is 0 Å². The van der Waals surface area contributed by atoms with Crippen molar-refractivity contribution in [1.82, 2.24) is 0 Å². The highest BCUT2D eigenvalue weighted by Gasteiger charge is 2.08. The smallest absolute Gasteiger partial charge is 0.303 e. The lowest BCUT2D eigenvalue weighted by atomic mass is 9.92. The number of benzene rings is 3. The van der Waals surface area contributed by atoms with Gasteiger partial charge in [0.2, 0.25) is 0 Å². The Morgan fingerprint density at radius 2 is 1.68 bits per heavy atom. The molecule has 0 saturated carbocycles. The van der Waals surface area contributed by atoms with E-state index in [1.165, 1.54) is 16.7 Å². The van der Waals surface area contributed by atoms with Crippen LogP contribution in [0.1, 0.15) is 42.9 Å². The Morgan fingerprint density at radius 1 is 0.929 bits per heavy atom. The maximum absolute atomic E-state index is 10.7. The molecule has 3 aromatic rings. The third kappa shape index (κ3) is 5.23. The standard InChI is InChI=1S/C25H26O3/c1-18(2)23-8-3-4-9-24(23)21-7-5-6-20(16-21)17-28-22-13-10-19(11-14-22)12-15-25(26)27/h3-11,13-14,16,18H,12,15,17H2,1-2H3,(H,26,27). The maximum Gasteiger partial charge on any atom is 0.303 e. The molecule has 3 aromatic carbocycles. The molecule has 0 fully saturated rings. The van der Waals surface area contributed by atoms with Crippen LogP contribution in [0.25, 0.3) is 11.1 Å². The summed E-state index contributed by atoms with van der Waals surface area (Å²) >= 11 is 0. The fourth-order valence-electron chi connectivity index (χ4n) is 3.26. The first-order chi connectivity index (χ1) is 13.5. The van der Waals surface area contributed by atoms with Crippen LogP contribution in [0.5, 0.6) is 5.75 Å². The molecule has 1 N–H and O–H groups in total. The van der Waals surface area contributed by atoms with E-state index in [9.17, 15) is 4.79 Å². The highest BCUT2D eigenvalue weighted by molar-refractivity contribution is 5.68. The summed E-state index contributed by atoms with van der Waals surface area (Å²) in [6.45, 7) is 4.92. The molecule has 0 aliphatic rings. The third-order valence-electron chi connectivity index (χ3n) is 4.78. The number of aliphatic carboxylic acids is 1. The summed E-state index contributed by atoms with van der Waals surface area (Å²) in [7, 11) is 0. The van der Waals surface area contributed by atoms with Gasteiger partial charge in [-0.2, -0.15) is 0 Å². The third-order valence-corrected chi connectivity index (χ3v) is 4.78. The van der Waals surface area contributed by atoms with Gasteiger partial charge >= 0.3 is 5.97 Å². The molecule has 0 amide bonds. The van der Waals surface area contributed by atoms with Crippen molar-refractivity contribution >= 4 is 5.97 Å². The molecule has 0 aromatic heterocycles. The minimum atomic E-state index is -0.778. The van der Waals surface area contributed by atoms with Gasteiger partial charge in [0.15, 0.2) is 0 Å². The van der Waals surface area contributed by atoms with Crippen LogP contribution in [0.3, 0.4) is 0 Å². The second-order valence-electron chi connectivity index (χ2n) is 7.27. The van der Waals surface area contributed by atoms with E-state index in [2.05, 4.69) is 62.4 Å². The molecule has 0 heterocycles. The number of ether oxygens (including phenoxy) is 1. The Kier molecular flexibility index (Phi) is 6.49. The van der Waals surface area contributed by atoms with E-state index in [4.69, 9.17) is 9.84 Å². The average molecular weight is 374 g/mol. The van der Waals surface area contributed by atoms with Crippen molar-refractivity contribution in [2.75, 3.05) is 0 Å². The van der Waals surface area contributed by atoms with Gasteiger partial charge in [0, 0.05) is 6.42 Å². The first-order valence-electron chi connectivity index (χ1n) is 9.64. The van der Waals surface area contributed by atoms with Crippen molar-refractivity contribution < 1.29 is 14.6 Å². The Morgan fingerprint density at radius 3 is 2.39 bits per heavy atom. The summed E-state index contributed by atoms with van der Waals surface area (Å²) < 4.78 is 5.92. The lowest BCUT2D eigenvalue weighted by molar-refractivity contribution is -0.136. The lowest BCUT2D eigenvalue weighted by Crippen LogP contribution is -1.98. The largest absolute Gasteiger partial charge is 0.489 e. The molecule has 144 valence electrons. The zero-order chi connectivity index (χ0) is 19.9. The summed E-state index contributed by atoms with van der Waals surface area (Å²) in [6, 6.07) is 24.6. The van der Waals surface area contributed by atoms with Crippen LogP contribution in [0.4, 0.5) is 0 Å². The summed E-state index contributed by atoms with van der Waals surface area (Å²) in [4.78, 5) is 10.7. The van der Waals surface area contributed by atoms with Crippen molar-refractivity contribution in [3.05, 3.63) is 89.5 Å². The lowest BCUT2D eigenvalue weighted by Gasteiger charge is -2.14. The van der Waals surface area contributed by atoms with Gasteiger partial charge in [-0.25, -0.2) is 0 Å². The quantitative estimate of drug-likeness (QED) is 0.520. The van der Waals surface area contributed by atoms with Crippen molar-refractivity contribution in [3.63, 3.8) is 0 Å². The topological polar surface area (TPSA) is 46.5 Å². The van der Waals surface area contributed by atoms with E-state index < -0.39 is 5.97 Å². The molecule has 0 atom stereocenters. The number of carboxylic acid groups (broad SMARTS) is 1. The number of aryl methyl sites for hydroxylation is 1. The molecule has 0 unspecified atom stereocenters. The van der Waals surface area contributed by atoms with Gasteiger partial charge in [0.1, 0.15) is 12.4 Å². The molecule has 0 aliphatic carbocycles. The predicted molar refractivity (Wildman–Crippen MR) is 113 cm³/mol. The molecule has 3 nitrogen and oxygen atoms in total. The van der Waals surface area contributed by atoms with Gasteiger partial charge in [0.05, 0.1) is 0 Å². The Hall–Kier alpha value is -3.07. The number of hydrogen-bond acceptors (Lipinski definition) is 2. The fraction of sp³-hybridized carbons (Fsp3) is 0.240. The second kappa shape index (κ2) is 9.23. The van der Waals surface area contributed by atoms with Crippen LogP contribution in [-0.4, -0.2) is 11.1 Å².